The summed E-state index contributed by atoms with van der Waals surface area (Å²) in [5, 5.41) is 2.99. The van der Waals surface area contributed by atoms with Crippen molar-refractivity contribution in [2.24, 2.45) is 11.7 Å². The third kappa shape index (κ3) is 4.74. The summed E-state index contributed by atoms with van der Waals surface area (Å²) in [6.45, 7) is 3.62. The van der Waals surface area contributed by atoms with Gasteiger partial charge >= 0.3 is 0 Å². The minimum absolute atomic E-state index is 0.0898. The largest absolute Gasteiger partial charge is 0.493 e. The van der Waals surface area contributed by atoms with Crippen molar-refractivity contribution in [2.75, 3.05) is 18.5 Å². The first kappa shape index (κ1) is 15.8. The first-order chi connectivity index (χ1) is 10.2. The Kier molecular flexibility index (Phi) is 6.05. The van der Waals surface area contributed by atoms with E-state index in [9.17, 15) is 4.79 Å². The van der Waals surface area contributed by atoms with Crippen LogP contribution in [0.3, 0.4) is 0 Å². The molecule has 0 bridgehead atoms. The number of rotatable bonds is 8. The van der Waals surface area contributed by atoms with Gasteiger partial charge in [-0.15, -0.1) is 0 Å². The summed E-state index contributed by atoms with van der Waals surface area (Å²) in [5.74, 6) is 1.60. The van der Waals surface area contributed by atoms with Crippen LogP contribution in [0.4, 0.5) is 5.69 Å². The third-order valence-corrected chi connectivity index (χ3v) is 4.02. The molecule has 1 aliphatic heterocycles. The molecule has 0 radical (unpaired) electrons. The molecule has 2 rings (SSSR count). The number of carbonyl (C=O) groups is 1. The maximum Gasteiger partial charge on any atom is 0.224 e. The molecule has 4 heteroatoms. The monoisotopic (exact) mass is 290 g/mol. The lowest BCUT2D eigenvalue weighted by Gasteiger charge is -2.14. The molecule has 0 saturated heterocycles. The number of nitrogens with two attached hydrogens (primary N) is 1. The van der Waals surface area contributed by atoms with Crippen LogP contribution in [-0.4, -0.2) is 19.1 Å². The Hall–Kier alpha value is -1.55. The van der Waals surface area contributed by atoms with Crippen molar-refractivity contribution >= 4 is 11.6 Å². The van der Waals surface area contributed by atoms with Crippen molar-refractivity contribution in [3.8, 4) is 5.75 Å². The summed E-state index contributed by atoms with van der Waals surface area (Å²) >= 11 is 0. The average Bonchev–Trinajstić information content (AvgIpc) is 2.93. The molecule has 21 heavy (non-hydrogen) atoms. The van der Waals surface area contributed by atoms with Crippen LogP contribution in [0.25, 0.3) is 0 Å². The Morgan fingerprint density at radius 1 is 1.38 bits per heavy atom. The summed E-state index contributed by atoms with van der Waals surface area (Å²) in [6.07, 6.45) is 5.73. The van der Waals surface area contributed by atoms with Gasteiger partial charge in [0, 0.05) is 18.5 Å². The highest BCUT2D eigenvalue weighted by molar-refractivity contribution is 5.90. The Morgan fingerprint density at radius 3 is 3.00 bits per heavy atom. The maximum atomic E-state index is 12.1. The number of fused-ring (bicyclic) bond motifs is 1. The molecule has 1 unspecified atom stereocenters. The highest BCUT2D eigenvalue weighted by atomic mass is 16.5. The lowest BCUT2D eigenvalue weighted by atomic mass is 9.94. The van der Waals surface area contributed by atoms with Gasteiger partial charge in [-0.2, -0.15) is 0 Å². The van der Waals surface area contributed by atoms with Gasteiger partial charge in [-0.05, 0) is 49.1 Å². The summed E-state index contributed by atoms with van der Waals surface area (Å²) in [7, 11) is 0. The SMILES string of the molecule is CCCC(CCN)CCC(=O)Nc1ccc2c(c1)CCO2. The normalized spacial score (nSPS) is 14.4. The van der Waals surface area contributed by atoms with Crippen molar-refractivity contribution in [3.63, 3.8) is 0 Å². The number of anilines is 1. The van der Waals surface area contributed by atoms with E-state index in [0.717, 1.165) is 50.1 Å². The number of benzene rings is 1. The van der Waals surface area contributed by atoms with E-state index >= 15 is 0 Å². The molecule has 0 saturated carbocycles. The quantitative estimate of drug-likeness (QED) is 0.773. The van der Waals surface area contributed by atoms with Crippen molar-refractivity contribution in [1.29, 1.82) is 0 Å². The number of amides is 1. The van der Waals surface area contributed by atoms with Gasteiger partial charge in [0.2, 0.25) is 5.91 Å². The predicted octanol–water partition coefficient (Wildman–Crippen LogP) is 3.11. The Morgan fingerprint density at radius 2 is 2.24 bits per heavy atom. The Balaban J connectivity index is 1.81. The standard InChI is InChI=1S/C17H26N2O2/c1-2-3-13(8-10-18)4-7-17(20)19-15-5-6-16-14(12-15)9-11-21-16/h5-6,12-13H,2-4,7-11,18H2,1H3,(H,19,20). The predicted molar refractivity (Wildman–Crippen MR) is 85.6 cm³/mol. The van der Waals surface area contributed by atoms with Gasteiger partial charge in [-0.3, -0.25) is 4.79 Å². The van der Waals surface area contributed by atoms with Crippen LogP contribution in [0, 0.1) is 5.92 Å². The van der Waals surface area contributed by atoms with Gasteiger partial charge < -0.3 is 15.8 Å². The Bertz CT molecular complexity index is 468. The second-order valence-corrected chi connectivity index (χ2v) is 5.74. The van der Waals surface area contributed by atoms with Gasteiger partial charge in [-0.1, -0.05) is 19.8 Å². The van der Waals surface area contributed by atoms with E-state index in [2.05, 4.69) is 12.2 Å². The van der Waals surface area contributed by atoms with Gasteiger partial charge in [0.15, 0.2) is 0 Å². The van der Waals surface area contributed by atoms with Crippen LogP contribution in [0.1, 0.15) is 44.6 Å². The molecule has 1 heterocycles. The molecule has 1 aliphatic rings. The van der Waals surface area contributed by atoms with E-state index in [1.807, 2.05) is 18.2 Å². The number of ether oxygens (including phenoxy) is 1. The van der Waals surface area contributed by atoms with Crippen molar-refractivity contribution in [3.05, 3.63) is 23.8 Å². The minimum Gasteiger partial charge on any atom is -0.493 e. The second kappa shape index (κ2) is 8.03. The Labute approximate surface area is 127 Å². The van der Waals surface area contributed by atoms with Gasteiger partial charge in [0.25, 0.3) is 0 Å². The van der Waals surface area contributed by atoms with Crippen LogP contribution in [0.2, 0.25) is 0 Å². The summed E-state index contributed by atoms with van der Waals surface area (Å²) in [5.41, 5.74) is 7.68. The summed E-state index contributed by atoms with van der Waals surface area (Å²) < 4.78 is 5.47. The van der Waals surface area contributed by atoms with E-state index < -0.39 is 0 Å². The van der Waals surface area contributed by atoms with Crippen LogP contribution in [-0.2, 0) is 11.2 Å². The fourth-order valence-corrected chi connectivity index (χ4v) is 2.90. The van der Waals surface area contributed by atoms with E-state index in [1.165, 1.54) is 5.56 Å². The molecule has 1 aromatic rings. The highest BCUT2D eigenvalue weighted by Crippen LogP contribution is 2.28. The smallest absolute Gasteiger partial charge is 0.224 e. The molecule has 116 valence electrons. The molecular weight excluding hydrogens is 264 g/mol. The molecule has 1 atom stereocenters. The molecule has 4 nitrogen and oxygen atoms in total. The lowest BCUT2D eigenvalue weighted by molar-refractivity contribution is -0.116. The first-order valence-corrected chi connectivity index (χ1v) is 7.98. The average molecular weight is 290 g/mol. The molecule has 1 aromatic carbocycles. The third-order valence-electron chi connectivity index (χ3n) is 4.02. The molecule has 3 N–H and O–H groups in total. The lowest BCUT2D eigenvalue weighted by Crippen LogP contribution is -2.15. The molecule has 0 spiro atoms. The van der Waals surface area contributed by atoms with Crippen LogP contribution in [0.15, 0.2) is 18.2 Å². The first-order valence-electron chi connectivity index (χ1n) is 7.98. The molecule has 1 amide bonds. The molecule has 0 aromatic heterocycles. The fourth-order valence-electron chi connectivity index (χ4n) is 2.90. The zero-order valence-electron chi connectivity index (χ0n) is 12.9. The topological polar surface area (TPSA) is 64.4 Å². The van der Waals surface area contributed by atoms with E-state index in [-0.39, 0.29) is 5.91 Å². The van der Waals surface area contributed by atoms with Crippen LogP contribution >= 0.6 is 0 Å². The molecular formula is C17H26N2O2. The second-order valence-electron chi connectivity index (χ2n) is 5.74. The summed E-state index contributed by atoms with van der Waals surface area (Å²) in [4.78, 5) is 12.1. The number of nitrogens with one attached hydrogen (secondary N) is 1. The van der Waals surface area contributed by atoms with Crippen molar-refractivity contribution in [2.45, 2.75) is 45.4 Å². The van der Waals surface area contributed by atoms with E-state index in [4.69, 9.17) is 10.5 Å². The number of hydrogen-bond acceptors (Lipinski definition) is 3. The number of hydrogen-bond donors (Lipinski definition) is 2. The van der Waals surface area contributed by atoms with Crippen LogP contribution in [0.5, 0.6) is 5.75 Å². The van der Waals surface area contributed by atoms with Crippen LogP contribution < -0.4 is 15.8 Å². The van der Waals surface area contributed by atoms with Gasteiger partial charge in [0.05, 0.1) is 6.61 Å². The highest BCUT2D eigenvalue weighted by Gasteiger charge is 2.14. The fraction of sp³-hybridized carbons (Fsp3) is 0.588. The molecule has 0 aliphatic carbocycles. The van der Waals surface area contributed by atoms with E-state index in [1.54, 1.807) is 0 Å². The summed E-state index contributed by atoms with van der Waals surface area (Å²) in [6, 6.07) is 5.86. The minimum atomic E-state index is 0.0898. The molecule has 0 fully saturated rings. The van der Waals surface area contributed by atoms with Crippen molar-refractivity contribution < 1.29 is 9.53 Å². The zero-order valence-corrected chi connectivity index (χ0v) is 12.9. The number of carbonyl (C=O) groups excluding carboxylic acids is 1. The van der Waals surface area contributed by atoms with Crippen molar-refractivity contribution in [1.82, 2.24) is 0 Å². The maximum absolute atomic E-state index is 12.1. The van der Waals surface area contributed by atoms with E-state index in [0.29, 0.717) is 18.9 Å². The van der Waals surface area contributed by atoms with Gasteiger partial charge in [-0.25, -0.2) is 0 Å². The van der Waals surface area contributed by atoms with Gasteiger partial charge in [0.1, 0.15) is 5.75 Å². The zero-order chi connectivity index (χ0) is 15.1.